The molecule has 2 aliphatic rings. The van der Waals surface area contributed by atoms with Gasteiger partial charge in [-0.25, -0.2) is 17.5 Å². The van der Waals surface area contributed by atoms with E-state index in [4.69, 9.17) is 5.14 Å². The van der Waals surface area contributed by atoms with Gasteiger partial charge in [0.25, 0.3) is 0 Å². The largest absolute Gasteiger partial charge is 0.343 e. The maximum Gasteiger partial charge on any atom is 0.308 e. The lowest BCUT2D eigenvalue weighted by atomic mass is 9.92. The molecule has 1 aliphatic heterocycles. The number of nitrogens with zero attached hydrogens (tertiary/aromatic N) is 3. The van der Waals surface area contributed by atoms with Crippen LogP contribution in [0.3, 0.4) is 0 Å². The number of para-hydroxylation sites is 1. The summed E-state index contributed by atoms with van der Waals surface area (Å²) in [7, 11) is -6.18. The van der Waals surface area contributed by atoms with Gasteiger partial charge in [0, 0.05) is 36.4 Å². The van der Waals surface area contributed by atoms with Crippen molar-refractivity contribution in [1.82, 2.24) is 12.8 Å². The summed E-state index contributed by atoms with van der Waals surface area (Å²) in [6, 6.07) is 7.35. The van der Waals surface area contributed by atoms with Crippen molar-refractivity contribution in [2.75, 3.05) is 7.05 Å². The fourth-order valence-electron chi connectivity index (χ4n) is 5.36. The normalized spacial score (nSPS) is 21.9. The highest BCUT2D eigenvalue weighted by atomic mass is 32.2. The zero-order valence-corrected chi connectivity index (χ0v) is 21.4. The number of sulfonamides is 1. The molecule has 10 heteroatoms. The molecule has 2 aromatic heterocycles. The summed E-state index contributed by atoms with van der Waals surface area (Å²) in [5.74, 6) is 0.264. The Morgan fingerprint density at radius 3 is 2.62 bits per heavy atom. The van der Waals surface area contributed by atoms with Crippen LogP contribution in [0.1, 0.15) is 44.4 Å². The first-order valence-electron chi connectivity index (χ1n) is 11.4. The maximum atomic E-state index is 13.4. The second-order valence-corrected chi connectivity index (χ2v) is 13.2. The van der Waals surface area contributed by atoms with Crippen molar-refractivity contribution in [1.29, 1.82) is 0 Å². The van der Waals surface area contributed by atoms with Gasteiger partial charge in [0.1, 0.15) is 4.90 Å². The number of hydrogen-bond acceptors (Lipinski definition) is 4. The maximum absolute atomic E-state index is 13.4. The molecule has 3 aromatic rings. The van der Waals surface area contributed by atoms with Crippen molar-refractivity contribution >= 4 is 31.1 Å². The van der Waals surface area contributed by atoms with Crippen molar-refractivity contribution < 1.29 is 16.8 Å². The summed E-state index contributed by atoms with van der Waals surface area (Å²) in [6.07, 6.45) is 9.11. The van der Waals surface area contributed by atoms with Crippen LogP contribution >= 0.6 is 0 Å². The van der Waals surface area contributed by atoms with E-state index < -0.39 is 25.8 Å². The summed E-state index contributed by atoms with van der Waals surface area (Å²) >= 11 is 0. The highest BCUT2D eigenvalue weighted by Gasteiger charge is 2.43. The van der Waals surface area contributed by atoms with Crippen molar-refractivity contribution in [2.45, 2.75) is 57.0 Å². The smallest absolute Gasteiger partial charge is 0.308 e. The van der Waals surface area contributed by atoms with Crippen molar-refractivity contribution in [3.05, 3.63) is 53.9 Å². The molecule has 34 heavy (non-hydrogen) atoms. The van der Waals surface area contributed by atoms with Crippen LogP contribution in [0.5, 0.6) is 0 Å². The van der Waals surface area contributed by atoms with Crippen LogP contribution < -0.4 is 5.14 Å². The Kier molecular flexibility index (Phi) is 5.18. The first-order valence-corrected chi connectivity index (χ1v) is 14.3. The summed E-state index contributed by atoms with van der Waals surface area (Å²) in [4.78, 5) is 0.0644. The van der Waals surface area contributed by atoms with Crippen LogP contribution in [0, 0.1) is 12.8 Å². The van der Waals surface area contributed by atoms with Gasteiger partial charge in [-0.1, -0.05) is 30.4 Å². The number of nitrogens with two attached hydrogens (primary N) is 1. The fraction of sp³-hybridized carbons (Fsp3) is 0.417. The number of aromatic nitrogens is 2. The molecule has 1 atom stereocenters. The first-order chi connectivity index (χ1) is 15.8. The lowest BCUT2D eigenvalue weighted by Crippen LogP contribution is -2.48. The summed E-state index contributed by atoms with van der Waals surface area (Å²) in [6.45, 7) is 6.12. The minimum absolute atomic E-state index is 0.0644. The van der Waals surface area contributed by atoms with Gasteiger partial charge in [0.15, 0.2) is 0 Å². The summed E-state index contributed by atoms with van der Waals surface area (Å²) in [5.41, 5.74) is 2.67. The minimum Gasteiger partial charge on any atom is -0.343 e. The van der Waals surface area contributed by atoms with Gasteiger partial charge in [-0.05, 0) is 57.6 Å². The topological polar surface area (TPSA) is 107 Å². The monoisotopic (exact) mass is 502 g/mol. The first kappa shape index (κ1) is 23.3. The van der Waals surface area contributed by atoms with Crippen molar-refractivity contribution in [2.24, 2.45) is 11.1 Å². The molecule has 0 saturated carbocycles. The summed E-state index contributed by atoms with van der Waals surface area (Å²) < 4.78 is 56.4. The zero-order valence-electron chi connectivity index (χ0n) is 19.8. The second kappa shape index (κ2) is 7.55. The number of benzene rings is 1. The van der Waals surface area contributed by atoms with Crippen LogP contribution in [0.2, 0.25) is 0 Å². The highest BCUT2D eigenvalue weighted by molar-refractivity contribution is 7.89. The van der Waals surface area contributed by atoms with Gasteiger partial charge >= 0.3 is 10.2 Å². The Labute approximate surface area is 200 Å². The molecule has 0 radical (unpaired) electrons. The fourth-order valence-corrected chi connectivity index (χ4v) is 7.76. The molecule has 182 valence electrons. The van der Waals surface area contributed by atoms with E-state index in [9.17, 15) is 16.8 Å². The molecule has 0 spiro atoms. The molecule has 0 fully saturated rings. The Morgan fingerprint density at radius 1 is 1.24 bits per heavy atom. The molecular weight excluding hydrogens is 472 g/mol. The van der Waals surface area contributed by atoms with E-state index in [1.165, 1.54) is 8.28 Å². The molecule has 0 amide bonds. The Bertz CT molecular complexity index is 1560. The third kappa shape index (κ3) is 3.30. The molecule has 2 N–H and O–H groups in total. The van der Waals surface area contributed by atoms with E-state index >= 15 is 0 Å². The molecule has 3 heterocycles. The van der Waals surface area contributed by atoms with Crippen LogP contribution in [0.25, 0.3) is 22.2 Å². The third-order valence-electron chi connectivity index (χ3n) is 7.51. The summed E-state index contributed by atoms with van der Waals surface area (Å²) in [5, 5.41) is 6.33. The molecule has 8 nitrogen and oxygen atoms in total. The minimum atomic E-state index is -3.95. The van der Waals surface area contributed by atoms with Gasteiger partial charge in [0.05, 0.1) is 16.7 Å². The number of primary sulfonamides is 1. The van der Waals surface area contributed by atoms with Crippen molar-refractivity contribution in [3.8, 4) is 11.3 Å². The second-order valence-electron chi connectivity index (χ2n) is 9.83. The molecule has 0 saturated heterocycles. The lowest BCUT2D eigenvalue weighted by Gasteiger charge is -2.39. The van der Waals surface area contributed by atoms with Crippen LogP contribution in [0.4, 0.5) is 0 Å². The number of allylic oxidation sites excluding steroid dienone is 2. The van der Waals surface area contributed by atoms with E-state index in [0.717, 1.165) is 30.2 Å². The SMILES string of the molecule is Cc1c(S(N)(=O)=O)cc(-c2cn3c4c(cccc24)C(C)(C)N(C)S3(=O)=O)n1CC1C=CCCC1. The van der Waals surface area contributed by atoms with Crippen molar-refractivity contribution in [3.63, 3.8) is 0 Å². The predicted molar refractivity (Wildman–Crippen MR) is 133 cm³/mol. The standard InChI is InChI=1S/C24H30N4O4S2/c1-16-22(33(25,29)30)13-21(27(16)14-17-9-6-5-7-10-17)19-15-28-23-18(19)11-8-12-20(23)24(2,3)26(4)34(28,31)32/h6,8-9,11-13,15,17H,5,7,10,14H2,1-4H3,(H2,25,29,30). The third-order valence-corrected chi connectivity index (χ3v) is 10.5. The van der Waals surface area contributed by atoms with E-state index in [2.05, 4.69) is 12.2 Å². The van der Waals surface area contributed by atoms with E-state index in [-0.39, 0.29) is 10.8 Å². The van der Waals surface area contributed by atoms with Gasteiger partial charge in [-0.2, -0.15) is 12.7 Å². The van der Waals surface area contributed by atoms with E-state index in [0.29, 0.717) is 29.0 Å². The van der Waals surface area contributed by atoms with E-state index in [1.54, 1.807) is 26.2 Å². The molecule has 1 unspecified atom stereocenters. The van der Waals surface area contributed by atoms with Crippen LogP contribution in [0.15, 0.2) is 47.5 Å². The number of hydrogen-bond donors (Lipinski definition) is 1. The zero-order chi connectivity index (χ0) is 24.6. The van der Waals surface area contributed by atoms with E-state index in [1.807, 2.05) is 36.6 Å². The van der Waals surface area contributed by atoms with Gasteiger partial charge in [-0.15, -0.1) is 0 Å². The number of rotatable bonds is 4. The quantitative estimate of drug-likeness (QED) is 0.549. The molecule has 1 aromatic carbocycles. The van der Waals surface area contributed by atoms with Gasteiger partial charge in [-0.3, -0.25) is 0 Å². The highest BCUT2D eigenvalue weighted by Crippen LogP contribution is 2.44. The van der Waals surface area contributed by atoms with Gasteiger partial charge < -0.3 is 4.57 Å². The van der Waals surface area contributed by atoms with Crippen LogP contribution in [-0.4, -0.2) is 36.7 Å². The lowest BCUT2D eigenvalue weighted by molar-refractivity contribution is 0.264. The Morgan fingerprint density at radius 2 is 1.97 bits per heavy atom. The van der Waals surface area contributed by atoms with Gasteiger partial charge in [0.2, 0.25) is 10.0 Å². The molecule has 1 aliphatic carbocycles. The van der Waals surface area contributed by atoms with Crippen LogP contribution in [-0.2, 0) is 32.3 Å². The average molecular weight is 503 g/mol. The molecule has 5 rings (SSSR count). The molecular formula is C24H30N4O4S2. The Balaban J connectivity index is 1.82. The predicted octanol–water partition coefficient (Wildman–Crippen LogP) is 3.70. The average Bonchev–Trinajstić information content (AvgIpc) is 3.31. The molecule has 0 bridgehead atoms. The Hall–Kier alpha value is -2.40.